The molecule has 1 aromatic carbocycles. The van der Waals surface area contributed by atoms with Gasteiger partial charge in [-0.15, -0.1) is 0 Å². The minimum absolute atomic E-state index is 0.00138. The number of rotatable bonds is 7. The SMILES string of the molecule is CC(C)NC(=O)CNC(=O)COC(=O)Cc1ccc(O)cc1. The van der Waals surface area contributed by atoms with Gasteiger partial charge in [0, 0.05) is 6.04 Å². The third-order valence-electron chi connectivity index (χ3n) is 2.54. The van der Waals surface area contributed by atoms with Gasteiger partial charge in [0.05, 0.1) is 13.0 Å². The average molecular weight is 308 g/mol. The molecule has 120 valence electrons. The van der Waals surface area contributed by atoms with Crippen molar-refractivity contribution in [1.29, 1.82) is 0 Å². The topological polar surface area (TPSA) is 105 Å². The summed E-state index contributed by atoms with van der Waals surface area (Å²) in [4.78, 5) is 34.3. The van der Waals surface area contributed by atoms with Crippen LogP contribution in [0.1, 0.15) is 19.4 Å². The zero-order valence-electron chi connectivity index (χ0n) is 12.6. The Balaban J connectivity index is 2.24. The summed E-state index contributed by atoms with van der Waals surface area (Å²) in [5.41, 5.74) is 0.666. The molecule has 0 spiro atoms. The van der Waals surface area contributed by atoms with Gasteiger partial charge in [-0.25, -0.2) is 0 Å². The molecule has 0 saturated heterocycles. The summed E-state index contributed by atoms with van der Waals surface area (Å²) in [6.45, 7) is 3.02. The first-order valence-corrected chi connectivity index (χ1v) is 6.86. The second-order valence-corrected chi connectivity index (χ2v) is 5.00. The first-order valence-electron chi connectivity index (χ1n) is 6.86. The summed E-state index contributed by atoms with van der Waals surface area (Å²) < 4.78 is 4.81. The van der Waals surface area contributed by atoms with Crippen molar-refractivity contribution in [1.82, 2.24) is 10.6 Å². The molecule has 22 heavy (non-hydrogen) atoms. The van der Waals surface area contributed by atoms with Gasteiger partial charge in [-0.2, -0.15) is 0 Å². The van der Waals surface area contributed by atoms with E-state index >= 15 is 0 Å². The molecule has 3 N–H and O–H groups in total. The van der Waals surface area contributed by atoms with Crippen LogP contribution in [0.5, 0.6) is 5.75 Å². The monoisotopic (exact) mass is 308 g/mol. The van der Waals surface area contributed by atoms with Crippen molar-refractivity contribution >= 4 is 17.8 Å². The molecule has 1 aromatic rings. The second kappa shape index (κ2) is 8.66. The third-order valence-corrected chi connectivity index (χ3v) is 2.54. The standard InChI is InChI=1S/C15H20N2O5/c1-10(2)17-13(19)8-16-14(20)9-22-15(21)7-11-3-5-12(18)6-4-11/h3-6,10,18H,7-9H2,1-2H3,(H,16,20)(H,17,19). The fraction of sp³-hybridized carbons (Fsp3) is 0.400. The summed E-state index contributed by atoms with van der Waals surface area (Å²) >= 11 is 0. The molecule has 1 rings (SSSR count). The Kier molecular flexibility index (Phi) is 6.88. The first kappa shape index (κ1) is 17.5. The van der Waals surface area contributed by atoms with Crippen LogP contribution in [0.15, 0.2) is 24.3 Å². The fourth-order valence-electron chi connectivity index (χ4n) is 1.58. The van der Waals surface area contributed by atoms with Gasteiger partial charge >= 0.3 is 5.97 Å². The van der Waals surface area contributed by atoms with Gasteiger partial charge in [0.1, 0.15) is 5.75 Å². The van der Waals surface area contributed by atoms with Crippen LogP contribution in [-0.4, -0.2) is 42.1 Å². The number of nitrogens with one attached hydrogen (secondary N) is 2. The number of ether oxygens (including phenoxy) is 1. The van der Waals surface area contributed by atoms with Gasteiger partial charge in [-0.3, -0.25) is 14.4 Å². The molecule has 0 bridgehead atoms. The number of esters is 1. The summed E-state index contributed by atoms with van der Waals surface area (Å²) in [5, 5.41) is 14.1. The van der Waals surface area contributed by atoms with E-state index in [-0.39, 0.29) is 30.7 Å². The fourth-order valence-corrected chi connectivity index (χ4v) is 1.58. The highest BCUT2D eigenvalue weighted by Gasteiger charge is 2.10. The number of carbonyl (C=O) groups excluding carboxylic acids is 3. The number of aromatic hydroxyl groups is 1. The van der Waals surface area contributed by atoms with E-state index in [0.717, 1.165) is 0 Å². The van der Waals surface area contributed by atoms with Crippen LogP contribution >= 0.6 is 0 Å². The minimum atomic E-state index is -0.563. The van der Waals surface area contributed by atoms with E-state index in [2.05, 4.69) is 10.6 Å². The van der Waals surface area contributed by atoms with E-state index in [1.165, 1.54) is 12.1 Å². The molecule has 0 aliphatic carbocycles. The highest BCUT2D eigenvalue weighted by Crippen LogP contribution is 2.10. The predicted octanol–water partition coefficient (Wildman–Crippen LogP) is 0.119. The lowest BCUT2D eigenvalue weighted by Gasteiger charge is -2.09. The van der Waals surface area contributed by atoms with Crippen LogP contribution in [0.3, 0.4) is 0 Å². The zero-order chi connectivity index (χ0) is 16.5. The van der Waals surface area contributed by atoms with Crippen molar-refractivity contribution < 1.29 is 24.2 Å². The van der Waals surface area contributed by atoms with Crippen molar-refractivity contribution in [3.05, 3.63) is 29.8 Å². The maximum absolute atomic E-state index is 11.5. The molecule has 0 aliphatic heterocycles. The molecule has 0 unspecified atom stereocenters. The normalized spacial score (nSPS) is 10.1. The van der Waals surface area contributed by atoms with E-state index in [1.54, 1.807) is 12.1 Å². The van der Waals surface area contributed by atoms with E-state index < -0.39 is 18.5 Å². The highest BCUT2D eigenvalue weighted by molar-refractivity contribution is 5.86. The largest absolute Gasteiger partial charge is 0.508 e. The van der Waals surface area contributed by atoms with Crippen LogP contribution in [0.2, 0.25) is 0 Å². The van der Waals surface area contributed by atoms with Crippen molar-refractivity contribution in [2.24, 2.45) is 0 Å². The summed E-state index contributed by atoms with van der Waals surface area (Å²) in [6.07, 6.45) is 0.00138. The Hall–Kier alpha value is -2.57. The molecule has 0 radical (unpaired) electrons. The first-order chi connectivity index (χ1) is 10.4. The predicted molar refractivity (Wildman–Crippen MR) is 79.1 cm³/mol. The number of carbonyl (C=O) groups is 3. The lowest BCUT2D eigenvalue weighted by molar-refractivity contribution is -0.147. The highest BCUT2D eigenvalue weighted by atomic mass is 16.5. The molecule has 0 heterocycles. The van der Waals surface area contributed by atoms with Gasteiger partial charge in [0.2, 0.25) is 5.91 Å². The van der Waals surface area contributed by atoms with Gasteiger partial charge in [-0.1, -0.05) is 12.1 Å². The van der Waals surface area contributed by atoms with E-state index in [9.17, 15) is 14.4 Å². The molecule has 7 nitrogen and oxygen atoms in total. The summed E-state index contributed by atoms with van der Waals surface area (Å²) in [6, 6.07) is 6.10. The molecule has 0 atom stereocenters. The third kappa shape index (κ3) is 7.28. The number of hydrogen-bond acceptors (Lipinski definition) is 5. The molecule has 0 fully saturated rings. The molecule has 0 aromatic heterocycles. The van der Waals surface area contributed by atoms with Crippen LogP contribution in [0.4, 0.5) is 0 Å². The van der Waals surface area contributed by atoms with Crippen molar-refractivity contribution in [3.8, 4) is 5.75 Å². The molecular formula is C15H20N2O5. The smallest absolute Gasteiger partial charge is 0.310 e. The Morgan fingerprint density at radius 2 is 1.77 bits per heavy atom. The lowest BCUT2D eigenvalue weighted by atomic mass is 10.1. The van der Waals surface area contributed by atoms with Gasteiger partial charge in [0.25, 0.3) is 5.91 Å². The van der Waals surface area contributed by atoms with Crippen molar-refractivity contribution in [2.45, 2.75) is 26.3 Å². The second-order valence-electron chi connectivity index (χ2n) is 5.00. The molecular weight excluding hydrogens is 288 g/mol. The zero-order valence-corrected chi connectivity index (χ0v) is 12.6. The quantitative estimate of drug-likeness (QED) is 0.621. The lowest BCUT2D eigenvalue weighted by Crippen LogP contribution is -2.41. The van der Waals surface area contributed by atoms with E-state index in [0.29, 0.717) is 5.56 Å². The molecule has 0 aliphatic rings. The van der Waals surface area contributed by atoms with Crippen LogP contribution < -0.4 is 10.6 Å². The maximum Gasteiger partial charge on any atom is 0.310 e. The van der Waals surface area contributed by atoms with Gasteiger partial charge < -0.3 is 20.5 Å². The number of hydrogen-bond donors (Lipinski definition) is 3. The van der Waals surface area contributed by atoms with Crippen LogP contribution in [0, 0.1) is 0 Å². The van der Waals surface area contributed by atoms with Crippen LogP contribution in [-0.2, 0) is 25.5 Å². The number of phenolic OH excluding ortho intramolecular Hbond substituents is 1. The van der Waals surface area contributed by atoms with E-state index in [1.807, 2.05) is 13.8 Å². The van der Waals surface area contributed by atoms with Crippen molar-refractivity contribution in [3.63, 3.8) is 0 Å². The number of benzene rings is 1. The maximum atomic E-state index is 11.5. The minimum Gasteiger partial charge on any atom is -0.508 e. The van der Waals surface area contributed by atoms with Gasteiger partial charge in [-0.05, 0) is 31.5 Å². The Bertz CT molecular complexity index is 525. The Labute approximate surface area is 128 Å². The Morgan fingerprint density at radius 1 is 1.14 bits per heavy atom. The van der Waals surface area contributed by atoms with Crippen molar-refractivity contribution in [2.75, 3.05) is 13.2 Å². The Morgan fingerprint density at radius 3 is 2.36 bits per heavy atom. The number of phenols is 1. The molecule has 0 saturated carbocycles. The van der Waals surface area contributed by atoms with Crippen LogP contribution in [0.25, 0.3) is 0 Å². The summed E-state index contributed by atoms with van der Waals surface area (Å²) in [7, 11) is 0. The molecule has 7 heteroatoms. The van der Waals surface area contributed by atoms with E-state index in [4.69, 9.17) is 9.84 Å². The molecule has 2 amide bonds. The average Bonchev–Trinajstić information content (AvgIpc) is 2.44. The summed E-state index contributed by atoms with van der Waals surface area (Å²) in [5.74, 6) is -1.31. The van der Waals surface area contributed by atoms with Gasteiger partial charge in [0.15, 0.2) is 6.61 Å². The number of amides is 2.